The van der Waals surface area contributed by atoms with Crippen molar-refractivity contribution in [1.82, 2.24) is 5.32 Å². The molecule has 0 bridgehead atoms. The molecule has 1 aliphatic heterocycles. The maximum Gasteiger partial charge on any atom is 0.240 e. The number of β-lactam (4-membered cyclic amide) rings is 1. The third-order valence-corrected chi connectivity index (χ3v) is 1.87. The van der Waals surface area contributed by atoms with Crippen molar-refractivity contribution in [3.63, 3.8) is 0 Å². The molecule has 1 rings (SSSR count). The van der Waals surface area contributed by atoms with Crippen LogP contribution in [0.4, 0.5) is 0 Å². The summed E-state index contributed by atoms with van der Waals surface area (Å²) < 4.78 is 18.3. The van der Waals surface area contributed by atoms with Crippen LogP contribution in [0.15, 0.2) is 0 Å². The van der Waals surface area contributed by atoms with Crippen molar-refractivity contribution in [3.8, 4) is 0 Å². The first-order valence-electron chi connectivity index (χ1n) is 2.09. The van der Waals surface area contributed by atoms with Gasteiger partial charge in [-0.15, -0.1) is 0 Å². The fourth-order valence-corrected chi connectivity index (χ4v) is 0.924. The second-order valence-corrected chi connectivity index (χ2v) is 2.63. The third-order valence-electron chi connectivity index (χ3n) is 0.998. The summed E-state index contributed by atoms with van der Waals surface area (Å²) in [6.07, 6.45) is 0. The van der Waals surface area contributed by atoms with Crippen LogP contribution in [0.2, 0.25) is 0 Å². The Bertz CT molecular complexity index is 137. The largest absolute Gasteiger partial charge is 0.353 e. The molecule has 0 aromatic heterocycles. The Morgan fingerprint density at radius 1 is 1.88 bits per heavy atom. The summed E-state index contributed by atoms with van der Waals surface area (Å²) in [6.45, 7) is 0.335. The van der Waals surface area contributed by atoms with Gasteiger partial charge in [0.1, 0.15) is 0 Å². The molecule has 4 nitrogen and oxygen atoms in total. The average molecular weight is 135 g/mol. The van der Waals surface area contributed by atoms with Gasteiger partial charge in [-0.05, 0) is 0 Å². The van der Waals surface area contributed by atoms with Crippen LogP contribution in [-0.2, 0) is 15.9 Å². The van der Waals surface area contributed by atoms with Gasteiger partial charge in [-0.2, -0.15) is 0 Å². The second-order valence-electron chi connectivity index (χ2n) is 1.51. The third kappa shape index (κ3) is 0.740. The predicted octanol–water partition coefficient (Wildman–Crippen LogP) is -1.29. The van der Waals surface area contributed by atoms with Gasteiger partial charge in [-0.1, -0.05) is 0 Å². The van der Waals surface area contributed by atoms with Gasteiger partial charge >= 0.3 is 0 Å². The van der Waals surface area contributed by atoms with Crippen LogP contribution < -0.4 is 5.32 Å². The molecule has 0 spiro atoms. The van der Waals surface area contributed by atoms with Gasteiger partial charge in [0, 0.05) is 6.54 Å². The molecule has 0 aromatic rings. The predicted molar refractivity (Wildman–Crippen MR) is 27.6 cm³/mol. The summed E-state index contributed by atoms with van der Waals surface area (Å²) in [5.74, 6) is -0.328. The Kier molecular flexibility index (Phi) is 1.31. The first-order chi connectivity index (χ1) is 3.72. The number of nitrogens with one attached hydrogen (secondary N) is 1. The maximum absolute atomic E-state index is 10.2. The molecular weight excluding hydrogens is 130 g/mol. The van der Waals surface area contributed by atoms with Crippen molar-refractivity contribution < 1.29 is 13.6 Å². The number of carbonyl (C=O) groups excluding carboxylic acids is 1. The van der Waals surface area contributed by atoms with Crippen molar-refractivity contribution in [1.29, 1.82) is 0 Å². The summed E-state index contributed by atoms with van der Waals surface area (Å²) in [5.41, 5.74) is 0. The highest BCUT2D eigenvalue weighted by atomic mass is 32.2. The van der Waals surface area contributed by atoms with Gasteiger partial charge in [0.15, 0.2) is 16.3 Å². The van der Waals surface area contributed by atoms with Gasteiger partial charge in [0.25, 0.3) is 0 Å². The van der Waals surface area contributed by atoms with E-state index in [0.717, 1.165) is 0 Å². The number of rotatable bonds is 1. The monoisotopic (exact) mass is 135 g/mol. The van der Waals surface area contributed by atoms with E-state index in [0.29, 0.717) is 6.54 Å². The molecule has 2 N–H and O–H groups in total. The molecule has 1 fully saturated rings. The second kappa shape index (κ2) is 1.83. The van der Waals surface area contributed by atoms with E-state index >= 15 is 0 Å². The highest BCUT2D eigenvalue weighted by molar-refractivity contribution is 7.80. The fraction of sp³-hybridized carbons (Fsp3) is 0.667. The van der Waals surface area contributed by atoms with Gasteiger partial charge < -0.3 is 9.87 Å². The lowest BCUT2D eigenvalue weighted by molar-refractivity contribution is -0.124. The molecule has 1 amide bonds. The molecule has 2 atom stereocenters. The van der Waals surface area contributed by atoms with Gasteiger partial charge in [0.05, 0.1) is 0 Å². The molecule has 46 valence electrons. The zero-order valence-corrected chi connectivity index (χ0v) is 4.77. The highest BCUT2D eigenvalue weighted by Crippen LogP contribution is 2.00. The number of amides is 1. The zero-order valence-electron chi connectivity index (χ0n) is 3.96. The Morgan fingerprint density at radius 2 is 2.50 bits per heavy atom. The van der Waals surface area contributed by atoms with Gasteiger partial charge in [0.2, 0.25) is 5.91 Å². The van der Waals surface area contributed by atoms with Gasteiger partial charge in [-0.25, -0.2) is 4.21 Å². The van der Waals surface area contributed by atoms with Crippen molar-refractivity contribution >= 4 is 17.0 Å². The van der Waals surface area contributed by atoms with E-state index in [1.807, 2.05) is 0 Å². The lowest BCUT2D eigenvalue weighted by Crippen LogP contribution is -2.55. The lowest BCUT2D eigenvalue weighted by Gasteiger charge is -2.21. The fourth-order valence-electron chi connectivity index (χ4n) is 0.432. The summed E-state index contributed by atoms with van der Waals surface area (Å²) in [5, 5.41) is 1.68. The Balaban J connectivity index is 2.49. The summed E-state index contributed by atoms with van der Waals surface area (Å²) in [6, 6.07) is 0. The zero-order chi connectivity index (χ0) is 6.15. The molecule has 1 heterocycles. The van der Waals surface area contributed by atoms with Crippen LogP contribution in [0.1, 0.15) is 0 Å². The minimum absolute atomic E-state index is 0.328. The molecular formula is C3H5NO3S. The van der Waals surface area contributed by atoms with E-state index < -0.39 is 16.3 Å². The van der Waals surface area contributed by atoms with Crippen LogP contribution in [0.5, 0.6) is 0 Å². The molecule has 8 heavy (non-hydrogen) atoms. The maximum atomic E-state index is 10.2. The van der Waals surface area contributed by atoms with Crippen LogP contribution in [0, 0.1) is 0 Å². The Labute approximate surface area is 48.6 Å². The topological polar surface area (TPSA) is 66.4 Å². The van der Waals surface area contributed by atoms with Crippen molar-refractivity contribution in [2.75, 3.05) is 6.54 Å². The minimum Gasteiger partial charge on any atom is -0.353 e. The molecule has 1 saturated heterocycles. The highest BCUT2D eigenvalue weighted by Gasteiger charge is 2.32. The van der Waals surface area contributed by atoms with Crippen molar-refractivity contribution in [3.05, 3.63) is 0 Å². The van der Waals surface area contributed by atoms with E-state index in [4.69, 9.17) is 4.55 Å². The minimum atomic E-state index is -1.97. The molecule has 0 aromatic carbocycles. The van der Waals surface area contributed by atoms with Crippen LogP contribution in [0.25, 0.3) is 0 Å². The Hall–Kier alpha value is -0.420. The van der Waals surface area contributed by atoms with Gasteiger partial charge in [-0.3, -0.25) is 4.79 Å². The van der Waals surface area contributed by atoms with Crippen molar-refractivity contribution in [2.24, 2.45) is 0 Å². The lowest BCUT2D eigenvalue weighted by atomic mass is 10.3. The normalized spacial score (nSPS) is 30.6. The van der Waals surface area contributed by atoms with Crippen LogP contribution >= 0.6 is 0 Å². The Morgan fingerprint density at radius 3 is 2.50 bits per heavy atom. The molecule has 0 saturated carbocycles. The van der Waals surface area contributed by atoms with Crippen LogP contribution in [-0.4, -0.2) is 26.5 Å². The number of hydrogen-bond donors (Lipinski definition) is 2. The molecule has 0 aliphatic carbocycles. The quantitative estimate of drug-likeness (QED) is 0.347. The van der Waals surface area contributed by atoms with Crippen LogP contribution in [0.3, 0.4) is 0 Å². The first kappa shape index (κ1) is 5.71. The average Bonchev–Trinajstić information content (AvgIpc) is 1.61. The smallest absolute Gasteiger partial charge is 0.240 e. The standard InChI is InChI=1S/C3H5NO3S/c5-3-2(1-4-3)8(6)7/h2H,1H2,(H,4,5)(H,6,7). The summed E-state index contributed by atoms with van der Waals surface area (Å²) in [4.78, 5) is 10.2. The number of carbonyl (C=O) groups is 1. The van der Waals surface area contributed by atoms with E-state index in [2.05, 4.69) is 5.32 Å². The van der Waals surface area contributed by atoms with E-state index in [1.165, 1.54) is 0 Å². The SMILES string of the molecule is O=C1NCC1S(=O)O. The number of hydrogen-bond acceptors (Lipinski definition) is 2. The summed E-state index contributed by atoms with van der Waals surface area (Å²) in [7, 11) is 0. The molecule has 2 unspecified atom stereocenters. The van der Waals surface area contributed by atoms with Crippen molar-refractivity contribution in [2.45, 2.75) is 5.25 Å². The molecule has 1 aliphatic rings. The van der Waals surface area contributed by atoms with E-state index in [9.17, 15) is 9.00 Å². The molecule has 5 heteroatoms. The summed E-state index contributed by atoms with van der Waals surface area (Å²) >= 11 is -1.97. The van der Waals surface area contributed by atoms with E-state index in [-0.39, 0.29) is 5.91 Å². The molecule has 0 radical (unpaired) electrons. The first-order valence-corrected chi connectivity index (χ1v) is 3.26. The van der Waals surface area contributed by atoms with E-state index in [1.54, 1.807) is 0 Å².